The molecule has 2 unspecified atom stereocenters. The molecule has 0 aromatic carbocycles. The third kappa shape index (κ3) is 3.67. The van der Waals surface area contributed by atoms with E-state index in [4.69, 9.17) is 4.74 Å². The van der Waals surface area contributed by atoms with Gasteiger partial charge in [-0.1, -0.05) is 13.8 Å². The van der Waals surface area contributed by atoms with Gasteiger partial charge < -0.3 is 15.2 Å². The third-order valence-corrected chi connectivity index (χ3v) is 4.54. The second kappa shape index (κ2) is 5.68. The molecule has 2 aliphatic rings. The third-order valence-electron chi connectivity index (χ3n) is 4.54. The maximum atomic E-state index is 10.5. The fourth-order valence-electron chi connectivity index (χ4n) is 2.98. The lowest BCUT2D eigenvalue weighted by atomic mass is 9.79. The molecule has 1 saturated heterocycles. The van der Waals surface area contributed by atoms with Crippen molar-refractivity contribution in [3.8, 4) is 0 Å². The van der Waals surface area contributed by atoms with Crippen molar-refractivity contribution in [3.05, 3.63) is 0 Å². The van der Waals surface area contributed by atoms with Crippen LogP contribution < -0.4 is 5.32 Å². The Morgan fingerprint density at radius 2 is 1.94 bits per heavy atom. The van der Waals surface area contributed by atoms with Crippen molar-refractivity contribution < 1.29 is 9.84 Å². The van der Waals surface area contributed by atoms with Gasteiger partial charge in [0.15, 0.2) is 0 Å². The largest absolute Gasteiger partial charge is 0.389 e. The average Bonchev–Trinajstić information content (AvgIpc) is 2.33. The molecule has 1 aliphatic heterocycles. The Morgan fingerprint density at radius 1 is 1.24 bits per heavy atom. The first kappa shape index (κ1) is 13.3. The highest BCUT2D eigenvalue weighted by Crippen LogP contribution is 2.31. The molecule has 2 rings (SSSR count). The monoisotopic (exact) mass is 241 g/mol. The van der Waals surface area contributed by atoms with Crippen LogP contribution in [0.3, 0.4) is 0 Å². The summed E-state index contributed by atoms with van der Waals surface area (Å²) in [5, 5.41) is 14.1. The Morgan fingerprint density at radius 3 is 2.59 bits per heavy atom. The van der Waals surface area contributed by atoms with E-state index in [1.807, 2.05) is 0 Å². The smallest absolute Gasteiger partial charge is 0.0771 e. The molecule has 3 heteroatoms. The van der Waals surface area contributed by atoms with E-state index in [9.17, 15) is 5.11 Å². The maximum Gasteiger partial charge on any atom is 0.0771 e. The van der Waals surface area contributed by atoms with E-state index in [0.717, 1.165) is 44.9 Å². The normalized spacial score (nSPS) is 43.6. The minimum absolute atomic E-state index is 0.454. The molecule has 2 N–H and O–H groups in total. The molecule has 17 heavy (non-hydrogen) atoms. The Bertz CT molecular complexity index is 236. The summed E-state index contributed by atoms with van der Waals surface area (Å²) in [5.74, 6) is 1.35. The van der Waals surface area contributed by atoms with Crippen LogP contribution in [-0.2, 0) is 4.74 Å². The van der Waals surface area contributed by atoms with Crippen LogP contribution in [0, 0.1) is 11.8 Å². The van der Waals surface area contributed by atoms with Crippen LogP contribution in [0.2, 0.25) is 0 Å². The molecule has 0 amide bonds. The van der Waals surface area contributed by atoms with Gasteiger partial charge in [-0.15, -0.1) is 0 Å². The van der Waals surface area contributed by atoms with Gasteiger partial charge in [-0.3, -0.25) is 0 Å². The first-order valence-electron chi connectivity index (χ1n) is 7.12. The SMILES string of the molecule is CC1CCC(O)(CNC2CCOCC2C)CC1. The second-order valence-corrected chi connectivity index (χ2v) is 6.24. The van der Waals surface area contributed by atoms with Crippen molar-refractivity contribution in [2.24, 2.45) is 11.8 Å². The summed E-state index contributed by atoms with van der Waals surface area (Å²) in [6.07, 6.45) is 5.33. The first-order valence-corrected chi connectivity index (χ1v) is 7.12. The molecular formula is C14H27NO2. The van der Waals surface area contributed by atoms with Gasteiger partial charge in [0.05, 0.1) is 12.2 Å². The molecule has 1 heterocycles. The number of hydrogen-bond acceptors (Lipinski definition) is 3. The van der Waals surface area contributed by atoms with Crippen molar-refractivity contribution in [3.63, 3.8) is 0 Å². The number of hydrogen-bond donors (Lipinski definition) is 2. The van der Waals surface area contributed by atoms with E-state index in [2.05, 4.69) is 19.2 Å². The zero-order valence-electron chi connectivity index (χ0n) is 11.2. The highest BCUT2D eigenvalue weighted by atomic mass is 16.5. The van der Waals surface area contributed by atoms with Crippen molar-refractivity contribution in [1.82, 2.24) is 5.32 Å². The van der Waals surface area contributed by atoms with E-state index in [1.165, 1.54) is 12.8 Å². The average molecular weight is 241 g/mol. The molecule has 0 radical (unpaired) electrons. The van der Waals surface area contributed by atoms with Crippen LogP contribution in [0.1, 0.15) is 46.0 Å². The zero-order valence-corrected chi connectivity index (χ0v) is 11.2. The molecule has 0 spiro atoms. The summed E-state index contributed by atoms with van der Waals surface area (Å²) in [6, 6.07) is 0.520. The number of nitrogens with one attached hydrogen (secondary N) is 1. The first-order chi connectivity index (χ1) is 8.09. The van der Waals surface area contributed by atoms with E-state index in [1.54, 1.807) is 0 Å². The zero-order chi connectivity index (χ0) is 12.3. The van der Waals surface area contributed by atoms with E-state index in [0.29, 0.717) is 12.0 Å². The van der Waals surface area contributed by atoms with Crippen molar-refractivity contribution >= 4 is 0 Å². The van der Waals surface area contributed by atoms with Crippen molar-refractivity contribution in [2.75, 3.05) is 19.8 Å². The quantitative estimate of drug-likeness (QED) is 0.793. The molecule has 0 aromatic rings. The lowest BCUT2D eigenvalue weighted by Gasteiger charge is -2.38. The summed E-state index contributed by atoms with van der Waals surface area (Å²) >= 11 is 0. The van der Waals surface area contributed by atoms with Gasteiger partial charge in [0, 0.05) is 19.2 Å². The molecule has 0 aromatic heterocycles. The van der Waals surface area contributed by atoms with Gasteiger partial charge >= 0.3 is 0 Å². The topological polar surface area (TPSA) is 41.5 Å². The highest BCUT2D eigenvalue weighted by Gasteiger charge is 2.33. The standard InChI is InChI=1S/C14H27NO2/c1-11-3-6-14(16,7-4-11)10-15-13-5-8-17-9-12(13)2/h11-13,15-16H,3-10H2,1-2H3. The summed E-state index contributed by atoms with van der Waals surface area (Å²) in [7, 11) is 0. The lowest BCUT2D eigenvalue weighted by molar-refractivity contribution is -0.0185. The Hall–Kier alpha value is -0.120. The molecule has 2 atom stereocenters. The Labute approximate surface area is 105 Å². The highest BCUT2D eigenvalue weighted by molar-refractivity contribution is 4.88. The van der Waals surface area contributed by atoms with E-state index < -0.39 is 5.60 Å². The van der Waals surface area contributed by atoms with Crippen LogP contribution in [-0.4, -0.2) is 36.5 Å². The van der Waals surface area contributed by atoms with Crippen molar-refractivity contribution in [1.29, 1.82) is 0 Å². The summed E-state index contributed by atoms with van der Waals surface area (Å²) < 4.78 is 5.44. The Balaban J connectivity index is 1.76. The molecule has 0 bridgehead atoms. The number of aliphatic hydroxyl groups is 1. The number of rotatable bonds is 3. The fraction of sp³-hybridized carbons (Fsp3) is 1.00. The summed E-state index contributed by atoms with van der Waals surface area (Å²) in [5.41, 5.74) is -0.454. The number of ether oxygens (including phenoxy) is 1. The molecular weight excluding hydrogens is 214 g/mol. The summed E-state index contributed by atoms with van der Waals surface area (Å²) in [4.78, 5) is 0. The molecule has 100 valence electrons. The van der Waals surface area contributed by atoms with Crippen LogP contribution in [0.5, 0.6) is 0 Å². The van der Waals surface area contributed by atoms with E-state index in [-0.39, 0.29) is 0 Å². The van der Waals surface area contributed by atoms with Gasteiger partial charge in [0.1, 0.15) is 0 Å². The Kier molecular flexibility index (Phi) is 4.45. The maximum absolute atomic E-state index is 10.5. The van der Waals surface area contributed by atoms with Gasteiger partial charge in [0.25, 0.3) is 0 Å². The van der Waals surface area contributed by atoms with Gasteiger partial charge in [-0.2, -0.15) is 0 Å². The fourth-order valence-corrected chi connectivity index (χ4v) is 2.98. The van der Waals surface area contributed by atoms with Gasteiger partial charge in [0.2, 0.25) is 0 Å². The van der Waals surface area contributed by atoms with Crippen molar-refractivity contribution in [2.45, 2.75) is 57.6 Å². The predicted octanol–water partition coefficient (Wildman–Crippen LogP) is 1.94. The second-order valence-electron chi connectivity index (χ2n) is 6.24. The van der Waals surface area contributed by atoms with Crippen LogP contribution in [0.15, 0.2) is 0 Å². The lowest BCUT2D eigenvalue weighted by Crippen LogP contribution is -2.50. The van der Waals surface area contributed by atoms with Crippen LogP contribution in [0.4, 0.5) is 0 Å². The van der Waals surface area contributed by atoms with E-state index >= 15 is 0 Å². The molecule has 3 nitrogen and oxygen atoms in total. The van der Waals surface area contributed by atoms with Crippen LogP contribution >= 0.6 is 0 Å². The minimum Gasteiger partial charge on any atom is -0.389 e. The predicted molar refractivity (Wildman–Crippen MR) is 69.0 cm³/mol. The molecule has 1 saturated carbocycles. The summed E-state index contributed by atoms with van der Waals surface area (Å²) in [6.45, 7) is 6.98. The minimum atomic E-state index is -0.454. The molecule has 1 aliphatic carbocycles. The van der Waals surface area contributed by atoms with Crippen LogP contribution in [0.25, 0.3) is 0 Å². The van der Waals surface area contributed by atoms with Gasteiger partial charge in [-0.25, -0.2) is 0 Å². The molecule has 2 fully saturated rings. The van der Waals surface area contributed by atoms with Gasteiger partial charge in [-0.05, 0) is 43.9 Å².